The number of likely N-dealkylation sites (N-methyl/N-ethyl adjacent to an activating group) is 1. The standard InChI is InChI=1S/C20H33N5/c1-21-20(23-19-5-3-4-6-19)22-15-17-7-9-18(10-8-17)16-25-13-11-24(2)12-14-25/h7-10,19H,3-6,11-16H2,1-2H3,(H2,21,22,23). The lowest BCUT2D eigenvalue weighted by atomic mass is 10.1. The molecule has 138 valence electrons. The number of aliphatic imine (C=N–C) groups is 1. The molecule has 1 aromatic rings. The van der Waals surface area contributed by atoms with Gasteiger partial charge in [0.2, 0.25) is 0 Å². The van der Waals surface area contributed by atoms with Gasteiger partial charge in [0.1, 0.15) is 0 Å². The van der Waals surface area contributed by atoms with Gasteiger partial charge in [-0.05, 0) is 31.0 Å². The number of benzene rings is 1. The van der Waals surface area contributed by atoms with Gasteiger partial charge in [-0.3, -0.25) is 9.89 Å². The molecule has 0 spiro atoms. The van der Waals surface area contributed by atoms with Crippen LogP contribution in [0.15, 0.2) is 29.3 Å². The number of hydrogen-bond donors (Lipinski definition) is 2. The molecule has 0 bridgehead atoms. The van der Waals surface area contributed by atoms with E-state index in [1.807, 2.05) is 7.05 Å². The van der Waals surface area contributed by atoms with Crippen LogP contribution in [0.1, 0.15) is 36.8 Å². The molecule has 0 unspecified atom stereocenters. The number of nitrogens with one attached hydrogen (secondary N) is 2. The average Bonchev–Trinajstić information content (AvgIpc) is 3.15. The quantitative estimate of drug-likeness (QED) is 0.634. The molecule has 1 aliphatic carbocycles. The molecule has 2 fully saturated rings. The minimum atomic E-state index is 0.595. The topological polar surface area (TPSA) is 42.9 Å². The van der Waals surface area contributed by atoms with Gasteiger partial charge in [0.25, 0.3) is 0 Å². The maximum atomic E-state index is 4.35. The molecule has 3 rings (SSSR count). The molecule has 0 aromatic heterocycles. The lowest BCUT2D eigenvalue weighted by Gasteiger charge is -2.32. The van der Waals surface area contributed by atoms with Gasteiger partial charge < -0.3 is 15.5 Å². The van der Waals surface area contributed by atoms with Crippen molar-refractivity contribution in [3.05, 3.63) is 35.4 Å². The Morgan fingerprint density at radius 2 is 1.68 bits per heavy atom. The fourth-order valence-corrected chi connectivity index (χ4v) is 3.67. The number of guanidine groups is 1. The summed E-state index contributed by atoms with van der Waals surface area (Å²) >= 11 is 0. The minimum absolute atomic E-state index is 0.595. The normalized spacial score (nSPS) is 20.8. The van der Waals surface area contributed by atoms with E-state index in [-0.39, 0.29) is 0 Å². The first kappa shape index (κ1) is 18.2. The zero-order chi connectivity index (χ0) is 17.5. The van der Waals surface area contributed by atoms with E-state index >= 15 is 0 Å². The number of rotatable bonds is 5. The first-order chi connectivity index (χ1) is 12.2. The molecule has 1 heterocycles. The van der Waals surface area contributed by atoms with Crippen molar-refractivity contribution in [2.75, 3.05) is 40.3 Å². The smallest absolute Gasteiger partial charge is 0.191 e. The highest BCUT2D eigenvalue weighted by molar-refractivity contribution is 5.79. The van der Waals surface area contributed by atoms with Crippen LogP contribution in [0.25, 0.3) is 0 Å². The summed E-state index contributed by atoms with van der Waals surface area (Å²) in [5.74, 6) is 0.924. The summed E-state index contributed by atoms with van der Waals surface area (Å²) in [6.45, 7) is 6.57. The van der Waals surface area contributed by atoms with Gasteiger partial charge in [-0.2, -0.15) is 0 Å². The van der Waals surface area contributed by atoms with Crippen molar-refractivity contribution < 1.29 is 0 Å². The Labute approximate surface area is 152 Å². The summed E-state index contributed by atoms with van der Waals surface area (Å²) < 4.78 is 0. The van der Waals surface area contributed by atoms with Gasteiger partial charge in [-0.25, -0.2) is 0 Å². The fourth-order valence-electron chi connectivity index (χ4n) is 3.67. The van der Waals surface area contributed by atoms with Crippen LogP contribution in [-0.4, -0.2) is 62.1 Å². The van der Waals surface area contributed by atoms with Gasteiger partial charge in [0, 0.05) is 52.4 Å². The maximum absolute atomic E-state index is 4.35. The molecule has 2 aliphatic rings. The molecule has 5 heteroatoms. The Hall–Kier alpha value is -1.59. The second-order valence-electron chi connectivity index (χ2n) is 7.45. The van der Waals surface area contributed by atoms with Gasteiger partial charge >= 0.3 is 0 Å². The van der Waals surface area contributed by atoms with E-state index in [1.165, 1.54) is 63.0 Å². The lowest BCUT2D eigenvalue weighted by Crippen LogP contribution is -2.43. The van der Waals surface area contributed by atoms with E-state index in [0.717, 1.165) is 19.0 Å². The zero-order valence-electron chi connectivity index (χ0n) is 15.8. The van der Waals surface area contributed by atoms with Crippen LogP contribution >= 0.6 is 0 Å². The summed E-state index contributed by atoms with van der Waals surface area (Å²) in [7, 11) is 4.05. The Balaban J connectivity index is 1.43. The van der Waals surface area contributed by atoms with Gasteiger partial charge in [-0.15, -0.1) is 0 Å². The molecule has 25 heavy (non-hydrogen) atoms. The largest absolute Gasteiger partial charge is 0.354 e. The van der Waals surface area contributed by atoms with E-state index in [2.05, 4.69) is 56.7 Å². The predicted octanol–water partition coefficient (Wildman–Crippen LogP) is 2.04. The van der Waals surface area contributed by atoms with Crippen molar-refractivity contribution in [2.24, 2.45) is 4.99 Å². The molecular formula is C20H33N5. The Bertz CT molecular complexity index is 540. The molecule has 1 aliphatic heterocycles. The average molecular weight is 344 g/mol. The lowest BCUT2D eigenvalue weighted by molar-refractivity contribution is 0.148. The Kier molecular flexibility index (Phi) is 6.70. The number of piperazine rings is 1. The van der Waals surface area contributed by atoms with Crippen LogP contribution < -0.4 is 10.6 Å². The first-order valence-corrected chi connectivity index (χ1v) is 9.69. The minimum Gasteiger partial charge on any atom is -0.354 e. The van der Waals surface area contributed by atoms with Crippen molar-refractivity contribution in [2.45, 2.75) is 44.8 Å². The van der Waals surface area contributed by atoms with Crippen LogP contribution in [0.2, 0.25) is 0 Å². The highest BCUT2D eigenvalue weighted by atomic mass is 15.2. The zero-order valence-corrected chi connectivity index (χ0v) is 15.8. The summed E-state index contributed by atoms with van der Waals surface area (Å²) in [4.78, 5) is 9.29. The van der Waals surface area contributed by atoms with Crippen LogP contribution in [-0.2, 0) is 13.1 Å². The van der Waals surface area contributed by atoms with Crippen molar-refractivity contribution in [3.63, 3.8) is 0 Å². The van der Waals surface area contributed by atoms with Gasteiger partial charge in [-0.1, -0.05) is 37.1 Å². The molecule has 2 N–H and O–H groups in total. The Morgan fingerprint density at radius 3 is 2.32 bits per heavy atom. The predicted molar refractivity (Wildman–Crippen MR) is 105 cm³/mol. The fraction of sp³-hybridized carbons (Fsp3) is 0.650. The monoisotopic (exact) mass is 343 g/mol. The van der Waals surface area contributed by atoms with E-state index in [9.17, 15) is 0 Å². The summed E-state index contributed by atoms with van der Waals surface area (Å²) in [6.07, 6.45) is 5.20. The molecule has 1 saturated heterocycles. The second kappa shape index (κ2) is 9.20. The van der Waals surface area contributed by atoms with Crippen molar-refractivity contribution >= 4 is 5.96 Å². The van der Waals surface area contributed by atoms with Crippen LogP contribution in [0.3, 0.4) is 0 Å². The molecular weight excluding hydrogens is 310 g/mol. The van der Waals surface area contributed by atoms with Crippen LogP contribution in [0.5, 0.6) is 0 Å². The SMILES string of the molecule is CN=C(NCc1ccc(CN2CCN(C)CC2)cc1)NC1CCCC1. The highest BCUT2D eigenvalue weighted by Crippen LogP contribution is 2.17. The van der Waals surface area contributed by atoms with E-state index in [0.29, 0.717) is 6.04 Å². The Morgan fingerprint density at radius 1 is 1.04 bits per heavy atom. The summed E-state index contributed by atoms with van der Waals surface area (Å²) in [6, 6.07) is 9.60. The van der Waals surface area contributed by atoms with Gasteiger partial charge in [0.15, 0.2) is 5.96 Å². The van der Waals surface area contributed by atoms with Crippen molar-refractivity contribution in [3.8, 4) is 0 Å². The first-order valence-electron chi connectivity index (χ1n) is 9.69. The molecule has 1 saturated carbocycles. The van der Waals surface area contributed by atoms with E-state index in [1.54, 1.807) is 0 Å². The highest BCUT2D eigenvalue weighted by Gasteiger charge is 2.16. The summed E-state index contributed by atoms with van der Waals surface area (Å²) in [5, 5.41) is 6.97. The maximum Gasteiger partial charge on any atom is 0.191 e. The van der Waals surface area contributed by atoms with Crippen LogP contribution in [0.4, 0.5) is 0 Å². The molecule has 0 radical (unpaired) electrons. The van der Waals surface area contributed by atoms with Crippen molar-refractivity contribution in [1.29, 1.82) is 0 Å². The molecule has 1 aromatic carbocycles. The number of hydrogen-bond acceptors (Lipinski definition) is 3. The van der Waals surface area contributed by atoms with E-state index in [4.69, 9.17) is 0 Å². The molecule has 0 atom stereocenters. The number of nitrogens with zero attached hydrogens (tertiary/aromatic N) is 3. The summed E-state index contributed by atoms with van der Waals surface area (Å²) in [5.41, 5.74) is 2.71. The molecule has 5 nitrogen and oxygen atoms in total. The third-order valence-corrected chi connectivity index (χ3v) is 5.40. The van der Waals surface area contributed by atoms with Crippen molar-refractivity contribution in [1.82, 2.24) is 20.4 Å². The third kappa shape index (κ3) is 5.72. The molecule has 0 amide bonds. The van der Waals surface area contributed by atoms with Crippen LogP contribution in [0, 0.1) is 0 Å². The van der Waals surface area contributed by atoms with Gasteiger partial charge in [0.05, 0.1) is 0 Å². The second-order valence-corrected chi connectivity index (χ2v) is 7.45. The van der Waals surface area contributed by atoms with E-state index < -0.39 is 0 Å². The third-order valence-electron chi connectivity index (χ3n) is 5.40.